The Hall–Kier alpha value is -0.910. The molecule has 0 amide bonds. The number of nitrogens with zero attached hydrogens (tertiary/aromatic N) is 3. The van der Waals surface area contributed by atoms with Gasteiger partial charge in [0.1, 0.15) is 0 Å². The second kappa shape index (κ2) is 4.36. The minimum atomic E-state index is -0.0568. The highest BCUT2D eigenvalue weighted by Gasteiger charge is 2.10. The van der Waals surface area contributed by atoms with E-state index in [4.69, 9.17) is 10.6 Å². The van der Waals surface area contributed by atoms with Crippen LogP contribution < -0.4 is 5.73 Å². The van der Waals surface area contributed by atoms with Crippen molar-refractivity contribution in [2.75, 3.05) is 20.7 Å². The summed E-state index contributed by atoms with van der Waals surface area (Å²) in [6.07, 6.45) is 3.68. The molecule has 1 unspecified atom stereocenters. The van der Waals surface area contributed by atoms with E-state index in [1.165, 1.54) is 0 Å². The molecule has 0 bridgehead atoms. The Labute approximate surface area is 78.0 Å². The van der Waals surface area contributed by atoms with Crippen LogP contribution in [0, 0.1) is 0 Å². The second-order valence-corrected chi connectivity index (χ2v) is 3.05. The van der Waals surface area contributed by atoms with Gasteiger partial charge in [-0.05, 0) is 0 Å². The first-order chi connectivity index (χ1) is 6.13. The average Bonchev–Trinajstić information content (AvgIpc) is 2.51. The molecule has 1 heterocycles. The molecule has 0 saturated heterocycles. The number of hydroxylamine groups is 2. The van der Waals surface area contributed by atoms with Gasteiger partial charge in [0.25, 0.3) is 0 Å². The fourth-order valence-corrected chi connectivity index (χ4v) is 1.09. The van der Waals surface area contributed by atoms with Crippen LogP contribution in [-0.4, -0.2) is 35.5 Å². The molecule has 2 N–H and O–H groups in total. The molecule has 1 rings (SSSR count). The lowest BCUT2D eigenvalue weighted by atomic mass is 10.2. The van der Waals surface area contributed by atoms with Gasteiger partial charge >= 0.3 is 0 Å². The van der Waals surface area contributed by atoms with Crippen molar-refractivity contribution in [3.63, 3.8) is 0 Å². The zero-order valence-electron chi connectivity index (χ0n) is 8.27. The number of aryl methyl sites for hydroxylation is 1. The van der Waals surface area contributed by atoms with E-state index in [2.05, 4.69) is 5.10 Å². The summed E-state index contributed by atoms with van der Waals surface area (Å²) in [7, 11) is 5.34. The fourth-order valence-electron chi connectivity index (χ4n) is 1.09. The molecule has 1 atom stereocenters. The molecule has 1 aromatic heterocycles. The normalized spacial score (nSPS) is 13.6. The third-order valence-electron chi connectivity index (χ3n) is 1.92. The smallest absolute Gasteiger partial charge is 0.0575 e. The predicted octanol–water partition coefficient (Wildman–Crippen LogP) is -0.0869. The van der Waals surface area contributed by atoms with Crippen LogP contribution in [0.4, 0.5) is 0 Å². The summed E-state index contributed by atoms with van der Waals surface area (Å²) in [5, 5.41) is 5.74. The molecule has 0 aliphatic carbocycles. The largest absolute Gasteiger partial charge is 0.323 e. The maximum Gasteiger partial charge on any atom is 0.0575 e. The lowest BCUT2D eigenvalue weighted by Gasteiger charge is -2.17. The number of rotatable bonds is 4. The molecular formula is C8H16N4O. The molecular weight excluding hydrogens is 168 g/mol. The Bertz CT molecular complexity index is 260. The first-order valence-electron chi connectivity index (χ1n) is 4.13. The molecule has 1 aromatic rings. The molecule has 0 spiro atoms. The van der Waals surface area contributed by atoms with Crippen LogP contribution in [-0.2, 0) is 11.9 Å². The number of hydrogen-bond donors (Lipinski definition) is 1. The first-order valence-corrected chi connectivity index (χ1v) is 4.13. The van der Waals surface area contributed by atoms with Crippen molar-refractivity contribution >= 4 is 0 Å². The summed E-state index contributed by atoms with van der Waals surface area (Å²) in [4.78, 5) is 4.98. The van der Waals surface area contributed by atoms with Gasteiger partial charge in [0.15, 0.2) is 0 Å². The molecule has 74 valence electrons. The third-order valence-corrected chi connectivity index (χ3v) is 1.92. The fraction of sp³-hybridized carbons (Fsp3) is 0.625. The predicted molar refractivity (Wildman–Crippen MR) is 49.8 cm³/mol. The Kier molecular flexibility index (Phi) is 3.41. The van der Waals surface area contributed by atoms with Gasteiger partial charge in [-0.3, -0.25) is 4.68 Å². The van der Waals surface area contributed by atoms with Crippen molar-refractivity contribution in [3.8, 4) is 0 Å². The lowest BCUT2D eigenvalue weighted by molar-refractivity contribution is -0.112. The average molecular weight is 184 g/mol. The van der Waals surface area contributed by atoms with Gasteiger partial charge in [0.05, 0.1) is 13.3 Å². The zero-order valence-corrected chi connectivity index (χ0v) is 8.27. The Morgan fingerprint density at radius 2 is 2.46 bits per heavy atom. The van der Waals surface area contributed by atoms with Crippen molar-refractivity contribution in [1.82, 2.24) is 14.8 Å². The van der Waals surface area contributed by atoms with E-state index in [0.29, 0.717) is 6.54 Å². The van der Waals surface area contributed by atoms with Crippen LogP contribution in [0.2, 0.25) is 0 Å². The quantitative estimate of drug-likeness (QED) is 0.665. The standard InChI is InChI=1S/C8H16N4O/c1-11-5-7(4-10-11)8(9)6-12(2)13-3/h4-5,8H,6,9H2,1-3H3. The summed E-state index contributed by atoms with van der Waals surface area (Å²) < 4.78 is 1.74. The van der Waals surface area contributed by atoms with Crippen molar-refractivity contribution in [2.24, 2.45) is 12.8 Å². The maximum absolute atomic E-state index is 5.91. The van der Waals surface area contributed by atoms with E-state index in [-0.39, 0.29) is 6.04 Å². The maximum atomic E-state index is 5.91. The van der Waals surface area contributed by atoms with E-state index in [1.54, 1.807) is 23.1 Å². The monoisotopic (exact) mass is 184 g/mol. The van der Waals surface area contributed by atoms with Crippen LogP contribution in [0.5, 0.6) is 0 Å². The van der Waals surface area contributed by atoms with Crippen molar-refractivity contribution in [1.29, 1.82) is 0 Å². The van der Waals surface area contributed by atoms with Crippen LogP contribution >= 0.6 is 0 Å². The molecule has 0 aromatic carbocycles. The van der Waals surface area contributed by atoms with E-state index in [0.717, 1.165) is 5.56 Å². The SMILES string of the molecule is CON(C)CC(N)c1cnn(C)c1. The topological polar surface area (TPSA) is 56.3 Å². The number of aromatic nitrogens is 2. The molecule has 0 radical (unpaired) electrons. The molecule has 0 saturated carbocycles. The van der Waals surface area contributed by atoms with Gasteiger partial charge in [-0.25, -0.2) is 0 Å². The summed E-state index contributed by atoms with van der Waals surface area (Å²) in [5.41, 5.74) is 6.93. The van der Waals surface area contributed by atoms with Crippen LogP contribution in [0.3, 0.4) is 0 Å². The Morgan fingerprint density at radius 1 is 1.77 bits per heavy atom. The van der Waals surface area contributed by atoms with Crippen molar-refractivity contribution in [2.45, 2.75) is 6.04 Å². The van der Waals surface area contributed by atoms with Gasteiger partial charge in [-0.1, -0.05) is 0 Å². The van der Waals surface area contributed by atoms with E-state index in [9.17, 15) is 0 Å². The van der Waals surface area contributed by atoms with E-state index < -0.39 is 0 Å². The molecule has 13 heavy (non-hydrogen) atoms. The number of hydrogen-bond acceptors (Lipinski definition) is 4. The molecule has 5 heteroatoms. The Morgan fingerprint density at radius 3 is 2.92 bits per heavy atom. The highest BCUT2D eigenvalue weighted by atomic mass is 16.7. The summed E-state index contributed by atoms with van der Waals surface area (Å²) in [6.45, 7) is 0.655. The summed E-state index contributed by atoms with van der Waals surface area (Å²) in [6, 6.07) is -0.0568. The number of likely N-dealkylation sites (N-methyl/N-ethyl adjacent to an activating group) is 1. The van der Waals surface area contributed by atoms with Gasteiger partial charge in [-0.15, -0.1) is 0 Å². The van der Waals surface area contributed by atoms with Crippen LogP contribution in [0.15, 0.2) is 12.4 Å². The van der Waals surface area contributed by atoms with Crippen molar-refractivity contribution < 1.29 is 4.84 Å². The minimum Gasteiger partial charge on any atom is -0.323 e. The minimum absolute atomic E-state index is 0.0568. The second-order valence-electron chi connectivity index (χ2n) is 3.05. The van der Waals surface area contributed by atoms with Gasteiger partial charge < -0.3 is 10.6 Å². The van der Waals surface area contributed by atoms with Crippen LogP contribution in [0.25, 0.3) is 0 Å². The third kappa shape index (κ3) is 2.80. The highest BCUT2D eigenvalue weighted by molar-refractivity contribution is 5.09. The van der Waals surface area contributed by atoms with Gasteiger partial charge in [0.2, 0.25) is 0 Å². The summed E-state index contributed by atoms with van der Waals surface area (Å²) >= 11 is 0. The molecule has 5 nitrogen and oxygen atoms in total. The van der Waals surface area contributed by atoms with Gasteiger partial charge in [0, 0.05) is 38.4 Å². The van der Waals surface area contributed by atoms with Gasteiger partial charge in [-0.2, -0.15) is 10.2 Å². The van der Waals surface area contributed by atoms with E-state index in [1.807, 2.05) is 20.3 Å². The lowest BCUT2D eigenvalue weighted by Crippen LogP contribution is -2.28. The van der Waals surface area contributed by atoms with Crippen LogP contribution in [0.1, 0.15) is 11.6 Å². The molecule has 0 aliphatic rings. The highest BCUT2D eigenvalue weighted by Crippen LogP contribution is 2.09. The number of nitrogens with two attached hydrogens (primary N) is 1. The first kappa shape index (κ1) is 10.2. The molecule has 0 fully saturated rings. The summed E-state index contributed by atoms with van der Waals surface area (Å²) in [5.74, 6) is 0. The molecule has 0 aliphatic heterocycles. The van der Waals surface area contributed by atoms with Crippen molar-refractivity contribution in [3.05, 3.63) is 18.0 Å². The Balaban J connectivity index is 2.53. The van der Waals surface area contributed by atoms with E-state index >= 15 is 0 Å². The zero-order chi connectivity index (χ0) is 9.84.